The molecule has 20 heavy (non-hydrogen) atoms. The summed E-state index contributed by atoms with van der Waals surface area (Å²) < 4.78 is 37.2. The molecule has 110 valence electrons. The predicted molar refractivity (Wildman–Crippen MR) is 70.8 cm³/mol. The van der Waals surface area contributed by atoms with Crippen LogP contribution in [0.1, 0.15) is 43.0 Å². The number of ether oxygens (including phenoxy) is 2. The molecule has 0 aliphatic heterocycles. The monoisotopic (exact) mass is 284 g/mol. The fourth-order valence-electron chi connectivity index (χ4n) is 2.30. The zero-order valence-corrected chi connectivity index (χ0v) is 11.4. The molecule has 0 bridgehead atoms. The molecule has 0 spiro atoms. The summed E-state index contributed by atoms with van der Waals surface area (Å²) in [5.41, 5.74) is 0.451. The molecule has 1 aromatic carbocycles. The maximum atomic E-state index is 13.1. The molecule has 1 aliphatic carbocycles. The van der Waals surface area contributed by atoms with Gasteiger partial charge in [-0.15, -0.1) is 0 Å². The highest BCUT2D eigenvalue weighted by molar-refractivity contribution is 5.76. The van der Waals surface area contributed by atoms with Crippen LogP contribution < -0.4 is 9.47 Å². The number of hydrogen-bond donors (Lipinski definition) is 0. The van der Waals surface area contributed by atoms with Crippen molar-refractivity contribution in [1.29, 1.82) is 0 Å². The Morgan fingerprint density at radius 2 is 1.90 bits per heavy atom. The van der Waals surface area contributed by atoms with Gasteiger partial charge in [0.05, 0.1) is 12.7 Å². The van der Waals surface area contributed by atoms with Gasteiger partial charge in [0.25, 0.3) is 0 Å². The molecular formula is C15H18F2O3. The molecule has 5 heteroatoms. The Morgan fingerprint density at radius 1 is 1.25 bits per heavy atom. The number of halogens is 2. The fraction of sp³-hybridized carbons (Fsp3) is 0.533. The summed E-state index contributed by atoms with van der Waals surface area (Å²) in [4.78, 5) is 10.9. The summed E-state index contributed by atoms with van der Waals surface area (Å²) in [6.07, 6.45) is 0.827. The van der Waals surface area contributed by atoms with Gasteiger partial charge in [0.2, 0.25) is 5.92 Å². The summed E-state index contributed by atoms with van der Waals surface area (Å²) in [5.74, 6) is -1.53. The van der Waals surface area contributed by atoms with E-state index in [0.29, 0.717) is 42.8 Å². The van der Waals surface area contributed by atoms with E-state index in [0.717, 1.165) is 0 Å². The number of hydrogen-bond acceptors (Lipinski definition) is 3. The molecule has 0 N–H and O–H groups in total. The Balaban J connectivity index is 2.05. The molecule has 0 unspecified atom stereocenters. The zero-order chi connectivity index (χ0) is 14.6. The lowest BCUT2D eigenvalue weighted by Crippen LogP contribution is -2.30. The molecule has 1 aromatic rings. The SMILES string of the molecule is CCOc1cc(C=O)cc(OC2CCC(F)(F)CC2)c1. The van der Waals surface area contributed by atoms with Crippen molar-refractivity contribution in [2.75, 3.05) is 6.61 Å². The lowest BCUT2D eigenvalue weighted by atomic mass is 9.94. The summed E-state index contributed by atoms with van der Waals surface area (Å²) in [5, 5.41) is 0. The number of alkyl halides is 2. The molecular weight excluding hydrogens is 266 g/mol. The fourth-order valence-corrected chi connectivity index (χ4v) is 2.30. The third-order valence-electron chi connectivity index (χ3n) is 3.32. The van der Waals surface area contributed by atoms with Crippen molar-refractivity contribution < 1.29 is 23.0 Å². The van der Waals surface area contributed by atoms with Crippen molar-refractivity contribution in [3.63, 3.8) is 0 Å². The standard InChI is InChI=1S/C15H18F2O3/c1-2-19-13-7-11(10-18)8-14(9-13)20-12-3-5-15(16,17)6-4-12/h7-10,12H,2-6H2,1H3. The first-order valence-corrected chi connectivity index (χ1v) is 6.80. The Hall–Kier alpha value is -1.65. The van der Waals surface area contributed by atoms with Crippen LogP contribution in [0.4, 0.5) is 8.78 Å². The van der Waals surface area contributed by atoms with E-state index in [1.165, 1.54) is 0 Å². The van der Waals surface area contributed by atoms with E-state index in [9.17, 15) is 13.6 Å². The van der Waals surface area contributed by atoms with Gasteiger partial charge in [0.1, 0.15) is 17.8 Å². The second kappa shape index (κ2) is 6.20. The van der Waals surface area contributed by atoms with Gasteiger partial charge in [0.15, 0.2) is 0 Å². The van der Waals surface area contributed by atoms with Gasteiger partial charge in [-0.3, -0.25) is 4.79 Å². The van der Waals surface area contributed by atoms with Gasteiger partial charge in [-0.05, 0) is 31.9 Å². The van der Waals surface area contributed by atoms with Gasteiger partial charge >= 0.3 is 0 Å². The van der Waals surface area contributed by atoms with E-state index in [2.05, 4.69) is 0 Å². The van der Waals surface area contributed by atoms with Crippen LogP contribution in [0.3, 0.4) is 0 Å². The second-order valence-electron chi connectivity index (χ2n) is 4.96. The van der Waals surface area contributed by atoms with Gasteiger partial charge in [-0.25, -0.2) is 8.78 Å². The van der Waals surface area contributed by atoms with E-state index < -0.39 is 5.92 Å². The molecule has 0 heterocycles. The molecule has 0 aromatic heterocycles. The van der Waals surface area contributed by atoms with E-state index in [4.69, 9.17) is 9.47 Å². The Labute approximate surface area is 116 Å². The minimum atomic E-state index is -2.57. The minimum absolute atomic E-state index is 0.149. The van der Waals surface area contributed by atoms with Crippen LogP contribution in [0.15, 0.2) is 18.2 Å². The third-order valence-corrected chi connectivity index (χ3v) is 3.32. The van der Waals surface area contributed by atoms with Crippen LogP contribution in [0.25, 0.3) is 0 Å². The Bertz CT molecular complexity index is 464. The molecule has 0 amide bonds. The molecule has 1 saturated carbocycles. The van der Waals surface area contributed by atoms with E-state index in [-0.39, 0.29) is 18.9 Å². The number of benzene rings is 1. The van der Waals surface area contributed by atoms with Crippen molar-refractivity contribution in [2.24, 2.45) is 0 Å². The predicted octanol–water partition coefficient (Wildman–Crippen LogP) is 3.85. The largest absolute Gasteiger partial charge is 0.494 e. The van der Waals surface area contributed by atoms with Crippen molar-refractivity contribution in [2.45, 2.75) is 44.6 Å². The van der Waals surface area contributed by atoms with E-state index in [1.807, 2.05) is 6.92 Å². The summed E-state index contributed by atoms with van der Waals surface area (Å²) in [6.45, 7) is 2.33. The van der Waals surface area contributed by atoms with Crippen molar-refractivity contribution >= 4 is 6.29 Å². The van der Waals surface area contributed by atoms with Crippen LogP contribution >= 0.6 is 0 Å². The highest BCUT2D eigenvalue weighted by atomic mass is 19.3. The number of carbonyl (C=O) groups excluding carboxylic acids is 1. The van der Waals surface area contributed by atoms with E-state index in [1.54, 1.807) is 18.2 Å². The van der Waals surface area contributed by atoms with Gasteiger partial charge < -0.3 is 9.47 Å². The first kappa shape index (κ1) is 14.8. The molecule has 0 radical (unpaired) electrons. The van der Waals surface area contributed by atoms with Gasteiger partial charge in [0, 0.05) is 24.5 Å². The zero-order valence-electron chi connectivity index (χ0n) is 11.4. The topological polar surface area (TPSA) is 35.5 Å². The maximum Gasteiger partial charge on any atom is 0.248 e. The Morgan fingerprint density at radius 3 is 2.50 bits per heavy atom. The average Bonchev–Trinajstić information content (AvgIpc) is 2.41. The molecule has 2 rings (SSSR count). The van der Waals surface area contributed by atoms with Crippen molar-refractivity contribution in [3.05, 3.63) is 23.8 Å². The highest BCUT2D eigenvalue weighted by Gasteiger charge is 2.35. The van der Waals surface area contributed by atoms with Gasteiger partial charge in [-0.1, -0.05) is 0 Å². The van der Waals surface area contributed by atoms with Crippen LogP contribution in [0.2, 0.25) is 0 Å². The van der Waals surface area contributed by atoms with Crippen molar-refractivity contribution in [1.82, 2.24) is 0 Å². The van der Waals surface area contributed by atoms with Crippen LogP contribution in [0.5, 0.6) is 11.5 Å². The summed E-state index contributed by atoms with van der Waals surface area (Å²) >= 11 is 0. The molecule has 1 fully saturated rings. The molecule has 0 atom stereocenters. The summed E-state index contributed by atoms with van der Waals surface area (Å²) in [7, 11) is 0. The molecule has 0 saturated heterocycles. The number of aldehydes is 1. The molecule has 1 aliphatic rings. The average molecular weight is 284 g/mol. The lowest BCUT2D eigenvalue weighted by molar-refractivity contribution is -0.0582. The molecule has 3 nitrogen and oxygen atoms in total. The van der Waals surface area contributed by atoms with Crippen LogP contribution in [-0.4, -0.2) is 24.9 Å². The Kier molecular flexibility index (Phi) is 4.57. The smallest absolute Gasteiger partial charge is 0.248 e. The van der Waals surface area contributed by atoms with E-state index >= 15 is 0 Å². The highest BCUT2D eigenvalue weighted by Crippen LogP contribution is 2.35. The second-order valence-corrected chi connectivity index (χ2v) is 4.96. The lowest BCUT2D eigenvalue weighted by Gasteiger charge is -2.28. The van der Waals surface area contributed by atoms with Gasteiger partial charge in [-0.2, -0.15) is 0 Å². The number of rotatable bonds is 5. The van der Waals surface area contributed by atoms with Crippen LogP contribution in [-0.2, 0) is 0 Å². The number of carbonyl (C=O) groups is 1. The third kappa shape index (κ3) is 3.92. The normalized spacial score (nSPS) is 18.6. The maximum absolute atomic E-state index is 13.1. The van der Waals surface area contributed by atoms with Crippen LogP contribution in [0, 0.1) is 0 Å². The summed E-state index contributed by atoms with van der Waals surface area (Å²) in [6, 6.07) is 4.91. The van der Waals surface area contributed by atoms with Crippen molar-refractivity contribution in [3.8, 4) is 11.5 Å². The quantitative estimate of drug-likeness (QED) is 0.770. The first-order chi connectivity index (χ1) is 9.52. The minimum Gasteiger partial charge on any atom is -0.494 e. The first-order valence-electron chi connectivity index (χ1n) is 6.80.